The summed E-state index contributed by atoms with van der Waals surface area (Å²) < 4.78 is 1.50. The smallest absolute Gasteiger partial charge is 0.278 e. The number of amides is 1. The molecule has 0 unspecified atom stereocenters. The van der Waals surface area contributed by atoms with Crippen LogP contribution in [0.2, 0.25) is 0 Å². The fourth-order valence-corrected chi connectivity index (χ4v) is 5.74. The van der Waals surface area contributed by atoms with E-state index in [2.05, 4.69) is 14.9 Å². The van der Waals surface area contributed by atoms with Gasteiger partial charge in [-0.3, -0.25) is 9.59 Å². The average molecular weight is 402 g/mol. The van der Waals surface area contributed by atoms with Crippen LogP contribution in [-0.2, 0) is 17.6 Å². The lowest BCUT2D eigenvalue weighted by atomic mass is 9.94. The van der Waals surface area contributed by atoms with E-state index in [0.29, 0.717) is 10.9 Å². The monoisotopic (exact) mass is 401 g/mol. The van der Waals surface area contributed by atoms with Crippen molar-refractivity contribution in [3.8, 4) is 0 Å². The Morgan fingerprint density at radius 1 is 0.964 bits per heavy atom. The van der Waals surface area contributed by atoms with Crippen LogP contribution in [0, 0.1) is 5.92 Å². The Bertz CT molecular complexity index is 938. The van der Waals surface area contributed by atoms with E-state index in [1.807, 2.05) is 0 Å². The summed E-state index contributed by atoms with van der Waals surface area (Å²) in [5.74, 6) is 0.478. The van der Waals surface area contributed by atoms with Gasteiger partial charge in [0.1, 0.15) is 0 Å². The Balaban J connectivity index is 1.31. The summed E-state index contributed by atoms with van der Waals surface area (Å²) in [7, 11) is 0. The predicted molar refractivity (Wildman–Crippen MR) is 109 cm³/mol. The van der Waals surface area contributed by atoms with Crippen molar-refractivity contribution in [3.05, 3.63) is 21.6 Å². The molecule has 0 spiro atoms. The quantitative estimate of drug-likeness (QED) is 0.772. The number of carbonyl (C=O) groups is 1. The highest BCUT2D eigenvalue weighted by molar-refractivity contribution is 7.20. The molecular formula is C20H27N5O2S. The van der Waals surface area contributed by atoms with Crippen molar-refractivity contribution in [3.63, 3.8) is 0 Å². The van der Waals surface area contributed by atoms with Crippen LogP contribution in [-0.4, -0.2) is 51.6 Å². The molecule has 7 nitrogen and oxygen atoms in total. The van der Waals surface area contributed by atoms with Gasteiger partial charge in [-0.15, -0.1) is 5.10 Å². The van der Waals surface area contributed by atoms with Crippen LogP contribution in [0.4, 0.5) is 5.13 Å². The minimum Gasteiger partial charge on any atom is -0.347 e. The van der Waals surface area contributed by atoms with Crippen LogP contribution in [0.5, 0.6) is 0 Å². The van der Waals surface area contributed by atoms with Crippen LogP contribution in [0.15, 0.2) is 4.79 Å². The highest BCUT2D eigenvalue weighted by Crippen LogP contribution is 2.29. The Labute approximate surface area is 168 Å². The van der Waals surface area contributed by atoms with Crippen molar-refractivity contribution in [2.24, 2.45) is 5.92 Å². The van der Waals surface area contributed by atoms with E-state index in [-0.39, 0.29) is 11.5 Å². The number of likely N-dealkylation sites (tertiary alicyclic amines) is 1. The maximum Gasteiger partial charge on any atom is 0.278 e. The number of aromatic nitrogens is 3. The minimum absolute atomic E-state index is 0.0114. The molecule has 8 heteroatoms. The summed E-state index contributed by atoms with van der Waals surface area (Å²) >= 11 is 1.50. The molecule has 0 aromatic carbocycles. The maximum absolute atomic E-state index is 12.8. The molecule has 2 fully saturated rings. The normalized spacial score (nSPS) is 21.1. The lowest BCUT2D eigenvalue weighted by Gasteiger charge is -2.35. The van der Waals surface area contributed by atoms with Gasteiger partial charge in [-0.1, -0.05) is 11.3 Å². The first kappa shape index (κ1) is 18.1. The van der Waals surface area contributed by atoms with Crippen molar-refractivity contribution < 1.29 is 4.79 Å². The van der Waals surface area contributed by atoms with E-state index in [4.69, 9.17) is 4.98 Å². The third-order valence-electron chi connectivity index (χ3n) is 6.45. The molecule has 0 saturated carbocycles. The molecule has 2 aliphatic heterocycles. The Hall–Kier alpha value is -1.96. The summed E-state index contributed by atoms with van der Waals surface area (Å²) in [5, 5.41) is 5.45. The third-order valence-corrected chi connectivity index (χ3v) is 7.42. The lowest BCUT2D eigenvalue weighted by Crippen LogP contribution is -2.44. The molecular weight excluding hydrogens is 374 g/mol. The van der Waals surface area contributed by atoms with Gasteiger partial charge < -0.3 is 9.80 Å². The standard InChI is InChI=1S/C20H27N5O2S/c26-17(23-10-4-1-5-11-23)14-8-12-24(13-9-14)20-22-25-18(27)15-6-2-3-7-16(15)21-19(25)28-20/h14H,1-13H2. The summed E-state index contributed by atoms with van der Waals surface area (Å²) in [6, 6.07) is 0. The predicted octanol–water partition coefficient (Wildman–Crippen LogP) is 2.26. The number of piperidine rings is 2. The third kappa shape index (κ3) is 3.21. The largest absolute Gasteiger partial charge is 0.347 e. The zero-order valence-corrected chi connectivity index (χ0v) is 17.0. The van der Waals surface area contributed by atoms with Crippen molar-refractivity contribution in [2.45, 2.75) is 57.8 Å². The highest BCUT2D eigenvalue weighted by Gasteiger charge is 2.30. The minimum atomic E-state index is 0.0114. The van der Waals surface area contributed by atoms with Crippen molar-refractivity contribution in [2.75, 3.05) is 31.1 Å². The number of hydrogen-bond acceptors (Lipinski definition) is 6. The van der Waals surface area contributed by atoms with E-state index < -0.39 is 0 Å². The molecule has 2 aromatic rings. The van der Waals surface area contributed by atoms with Gasteiger partial charge in [-0.05, 0) is 57.8 Å². The summed E-state index contributed by atoms with van der Waals surface area (Å²) in [6.07, 6.45) is 9.15. The molecule has 0 atom stereocenters. The Morgan fingerprint density at radius 2 is 1.71 bits per heavy atom. The molecule has 0 bridgehead atoms. The molecule has 1 amide bonds. The van der Waals surface area contributed by atoms with Crippen molar-refractivity contribution in [1.29, 1.82) is 0 Å². The SMILES string of the molecule is O=C(C1CCN(c2nn3c(=O)c4c(nc3s2)CCCC4)CC1)N1CCCCC1. The number of nitrogens with zero attached hydrogens (tertiary/aromatic N) is 5. The number of aryl methyl sites for hydroxylation is 1. The first-order chi connectivity index (χ1) is 13.7. The van der Waals surface area contributed by atoms with Crippen LogP contribution in [0.3, 0.4) is 0 Å². The van der Waals surface area contributed by atoms with E-state index in [1.165, 1.54) is 22.3 Å². The second-order valence-electron chi connectivity index (χ2n) is 8.28. The summed E-state index contributed by atoms with van der Waals surface area (Å²) in [5.41, 5.74) is 1.83. The molecule has 4 heterocycles. The fraction of sp³-hybridized carbons (Fsp3) is 0.700. The number of fused-ring (bicyclic) bond motifs is 2. The molecule has 5 rings (SSSR count). The van der Waals surface area contributed by atoms with Gasteiger partial charge >= 0.3 is 0 Å². The number of rotatable bonds is 2. The Morgan fingerprint density at radius 3 is 2.50 bits per heavy atom. The molecule has 2 aromatic heterocycles. The van der Waals surface area contributed by atoms with Crippen LogP contribution in [0.1, 0.15) is 56.2 Å². The number of anilines is 1. The van der Waals surface area contributed by atoms with Crippen LogP contribution >= 0.6 is 11.3 Å². The van der Waals surface area contributed by atoms with Gasteiger partial charge in [-0.25, -0.2) is 4.98 Å². The molecule has 0 radical (unpaired) electrons. The van der Waals surface area contributed by atoms with Gasteiger partial charge in [0.05, 0.1) is 5.69 Å². The zero-order valence-electron chi connectivity index (χ0n) is 16.2. The van der Waals surface area contributed by atoms with Gasteiger partial charge in [0.15, 0.2) is 0 Å². The topological polar surface area (TPSA) is 70.8 Å². The van der Waals surface area contributed by atoms with Gasteiger partial charge in [0.2, 0.25) is 16.0 Å². The van der Waals surface area contributed by atoms with E-state index in [9.17, 15) is 9.59 Å². The molecule has 2 saturated heterocycles. The van der Waals surface area contributed by atoms with E-state index in [1.54, 1.807) is 0 Å². The summed E-state index contributed by atoms with van der Waals surface area (Å²) in [4.78, 5) is 35.3. The second-order valence-corrected chi connectivity index (χ2v) is 9.21. The average Bonchev–Trinajstić information content (AvgIpc) is 3.19. The molecule has 1 aliphatic carbocycles. The molecule has 0 N–H and O–H groups in total. The number of hydrogen-bond donors (Lipinski definition) is 0. The van der Waals surface area contributed by atoms with Crippen LogP contribution < -0.4 is 10.5 Å². The first-order valence-corrected chi connectivity index (χ1v) is 11.5. The lowest BCUT2D eigenvalue weighted by molar-refractivity contribution is -0.137. The zero-order chi connectivity index (χ0) is 19.1. The van der Waals surface area contributed by atoms with Gasteiger partial charge in [-0.2, -0.15) is 4.52 Å². The summed E-state index contributed by atoms with van der Waals surface area (Å²) in [6.45, 7) is 3.49. The number of carbonyl (C=O) groups excluding carboxylic acids is 1. The first-order valence-electron chi connectivity index (χ1n) is 10.7. The van der Waals surface area contributed by atoms with Crippen LogP contribution in [0.25, 0.3) is 4.96 Å². The van der Waals surface area contributed by atoms with Gasteiger partial charge in [0.25, 0.3) is 5.56 Å². The molecule has 28 heavy (non-hydrogen) atoms. The second kappa shape index (κ2) is 7.46. The van der Waals surface area contributed by atoms with Gasteiger partial charge in [0, 0.05) is 37.7 Å². The Kier molecular flexibility index (Phi) is 4.82. The van der Waals surface area contributed by atoms with E-state index >= 15 is 0 Å². The molecule has 150 valence electrons. The maximum atomic E-state index is 12.8. The van der Waals surface area contributed by atoms with Crippen molar-refractivity contribution in [1.82, 2.24) is 19.5 Å². The molecule has 3 aliphatic rings. The van der Waals surface area contributed by atoms with E-state index in [0.717, 1.165) is 93.9 Å². The fourth-order valence-electron chi connectivity index (χ4n) is 4.78. The van der Waals surface area contributed by atoms with Crippen molar-refractivity contribution >= 4 is 27.3 Å². The highest BCUT2D eigenvalue weighted by atomic mass is 32.1.